The Morgan fingerprint density at radius 1 is 1.00 bits per heavy atom. The second kappa shape index (κ2) is 5.34. The van der Waals surface area contributed by atoms with Gasteiger partial charge < -0.3 is 5.73 Å². The van der Waals surface area contributed by atoms with Crippen molar-refractivity contribution in [2.24, 2.45) is 5.73 Å². The van der Waals surface area contributed by atoms with Crippen LogP contribution in [0.4, 0.5) is 13.2 Å². The first-order valence-corrected chi connectivity index (χ1v) is 6.47. The van der Waals surface area contributed by atoms with Crippen LogP contribution >= 0.6 is 0 Å². The van der Waals surface area contributed by atoms with Crippen LogP contribution in [0.5, 0.6) is 0 Å². The fraction of sp³-hybridized carbons (Fsp3) is 0.133. The maximum Gasteiger partial charge on any atom is 0.416 e. The van der Waals surface area contributed by atoms with Gasteiger partial charge in [-0.15, -0.1) is 0 Å². The molecule has 0 atom stereocenters. The minimum atomic E-state index is -4.36. The number of alkyl halides is 3. The summed E-state index contributed by atoms with van der Waals surface area (Å²) in [5, 5.41) is 0.715. The van der Waals surface area contributed by atoms with Gasteiger partial charge in [0.25, 0.3) is 0 Å². The van der Waals surface area contributed by atoms with E-state index in [9.17, 15) is 13.2 Å². The van der Waals surface area contributed by atoms with Crippen molar-refractivity contribution in [3.63, 3.8) is 0 Å². The number of pyridine rings is 1. The molecule has 0 amide bonds. The Kier molecular flexibility index (Phi) is 3.50. The second-order valence-corrected chi connectivity index (χ2v) is 4.66. The Labute approximate surface area is 123 Å². The van der Waals surface area contributed by atoms with Gasteiger partial charge in [-0.05, 0) is 18.2 Å². The molecular formula is C15H11F3N4. The summed E-state index contributed by atoms with van der Waals surface area (Å²) in [6.45, 7) is 0.137. The molecule has 7 heteroatoms. The summed E-state index contributed by atoms with van der Waals surface area (Å²) in [5.41, 5.74) is 6.59. The summed E-state index contributed by atoms with van der Waals surface area (Å²) >= 11 is 0. The van der Waals surface area contributed by atoms with Crippen LogP contribution in [-0.4, -0.2) is 15.0 Å². The maximum absolute atomic E-state index is 12.6. The lowest BCUT2D eigenvalue weighted by Crippen LogP contribution is -2.06. The molecule has 1 aromatic carbocycles. The molecule has 0 aliphatic heterocycles. The van der Waals surface area contributed by atoms with Crippen molar-refractivity contribution in [3.8, 4) is 11.3 Å². The first-order valence-electron chi connectivity index (χ1n) is 6.47. The molecule has 0 unspecified atom stereocenters. The molecule has 0 bridgehead atoms. The van der Waals surface area contributed by atoms with Gasteiger partial charge in [0, 0.05) is 17.1 Å². The zero-order chi connectivity index (χ0) is 15.7. The van der Waals surface area contributed by atoms with Gasteiger partial charge in [-0.1, -0.05) is 12.1 Å². The molecule has 2 heterocycles. The highest BCUT2D eigenvalue weighted by Gasteiger charge is 2.30. The summed E-state index contributed by atoms with van der Waals surface area (Å²) in [7, 11) is 0. The van der Waals surface area contributed by atoms with E-state index in [1.54, 1.807) is 18.5 Å². The van der Waals surface area contributed by atoms with E-state index in [2.05, 4.69) is 15.0 Å². The van der Waals surface area contributed by atoms with Crippen LogP contribution in [0.2, 0.25) is 0 Å². The molecule has 0 saturated carbocycles. The first kappa shape index (κ1) is 14.4. The van der Waals surface area contributed by atoms with E-state index in [4.69, 9.17) is 5.73 Å². The Hall–Kier alpha value is -2.54. The van der Waals surface area contributed by atoms with Crippen LogP contribution < -0.4 is 5.73 Å². The lowest BCUT2D eigenvalue weighted by molar-refractivity contribution is -0.137. The Morgan fingerprint density at radius 3 is 2.36 bits per heavy atom. The predicted molar refractivity (Wildman–Crippen MR) is 75.7 cm³/mol. The van der Waals surface area contributed by atoms with Gasteiger partial charge in [0.05, 0.1) is 29.5 Å². The van der Waals surface area contributed by atoms with Crippen LogP contribution in [-0.2, 0) is 12.7 Å². The zero-order valence-electron chi connectivity index (χ0n) is 11.3. The van der Waals surface area contributed by atoms with E-state index >= 15 is 0 Å². The number of fused-ring (bicyclic) bond motifs is 1. The van der Waals surface area contributed by atoms with E-state index in [0.29, 0.717) is 28.0 Å². The monoisotopic (exact) mass is 304 g/mol. The highest BCUT2D eigenvalue weighted by Crippen LogP contribution is 2.32. The van der Waals surface area contributed by atoms with E-state index in [1.807, 2.05) is 0 Å². The molecule has 3 rings (SSSR count). The van der Waals surface area contributed by atoms with Crippen molar-refractivity contribution >= 4 is 10.9 Å². The number of nitrogens with two attached hydrogens (primary N) is 1. The summed E-state index contributed by atoms with van der Waals surface area (Å²) in [6, 6.07) is 6.58. The number of hydrogen-bond donors (Lipinski definition) is 1. The number of halogens is 3. The lowest BCUT2D eigenvalue weighted by atomic mass is 10.1. The molecule has 2 aromatic heterocycles. The molecular weight excluding hydrogens is 293 g/mol. The number of benzene rings is 1. The third-order valence-corrected chi connectivity index (χ3v) is 3.21. The molecule has 0 saturated heterocycles. The summed E-state index contributed by atoms with van der Waals surface area (Å²) in [5.74, 6) is 0.412. The molecule has 0 fully saturated rings. The van der Waals surface area contributed by atoms with E-state index in [1.165, 1.54) is 12.1 Å². The summed E-state index contributed by atoms with van der Waals surface area (Å²) in [4.78, 5) is 12.6. The highest BCUT2D eigenvalue weighted by atomic mass is 19.4. The number of rotatable bonds is 2. The third-order valence-electron chi connectivity index (χ3n) is 3.21. The molecule has 0 aliphatic rings. The molecule has 0 spiro atoms. The van der Waals surface area contributed by atoms with Crippen LogP contribution in [0.1, 0.15) is 11.4 Å². The van der Waals surface area contributed by atoms with Crippen molar-refractivity contribution in [3.05, 3.63) is 54.1 Å². The van der Waals surface area contributed by atoms with Gasteiger partial charge >= 0.3 is 6.18 Å². The topological polar surface area (TPSA) is 64.7 Å². The minimum absolute atomic E-state index is 0.137. The van der Waals surface area contributed by atoms with Crippen molar-refractivity contribution in [2.75, 3.05) is 0 Å². The normalized spacial score (nSPS) is 11.8. The highest BCUT2D eigenvalue weighted by molar-refractivity contribution is 5.91. The number of aromatic nitrogens is 3. The van der Waals surface area contributed by atoms with Crippen molar-refractivity contribution < 1.29 is 13.2 Å². The summed E-state index contributed by atoms with van der Waals surface area (Å²) < 4.78 is 37.9. The van der Waals surface area contributed by atoms with Crippen molar-refractivity contribution in [2.45, 2.75) is 12.7 Å². The Balaban J connectivity index is 2.17. The molecule has 4 nitrogen and oxygen atoms in total. The van der Waals surface area contributed by atoms with Gasteiger partial charge in [0.15, 0.2) is 0 Å². The fourth-order valence-electron chi connectivity index (χ4n) is 2.16. The average molecular weight is 304 g/mol. The molecule has 3 aromatic rings. The number of nitrogens with zero attached hydrogens (tertiary/aromatic N) is 3. The minimum Gasteiger partial charge on any atom is -0.324 e. The Morgan fingerprint density at radius 2 is 1.73 bits per heavy atom. The van der Waals surface area contributed by atoms with E-state index in [-0.39, 0.29) is 6.54 Å². The second-order valence-electron chi connectivity index (χ2n) is 4.66. The first-order chi connectivity index (χ1) is 10.5. The fourth-order valence-corrected chi connectivity index (χ4v) is 2.16. The SMILES string of the molecule is NCc1nc(-c2ccc(C(F)(F)F)cc2)c2ccncc2n1. The molecule has 0 aliphatic carbocycles. The van der Waals surface area contributed by atoms with E-state index < -0.39 is 11.7 Å². The number of hydrogen-bond acceptors (Lipinski definition) is 4. The maximum atomic E-state index is 12.6. The van der Waals surface area contributed by atoms with Gasteiger partial charge in [-0.3, -0.25) is 4.98 Å². The molecule has 22 heavy (non-hydrogen) atoms. The van der Waals surface area contributed by atoms with Gasteiger partial charge in [0.2, 0.25) is 0 Å². The summed E-state index contributed by atoms with van der Waals surface area (Å²) in [6.07, 6.45) is -1.20. The third kappa shape index (κ3) is 2.62. The lowest BCUT2D eigenvalue weighted by Gasteiger charge is -2.10. The van der Waals surface area contributed by atoms with Crippen molar-refractivity contribution in [1.29, 1.82) is 0 Å². The van der Waals surface area contributed by atoms with Crippen LogP contribution in [0.15, 0.2) is 42.7 Å². The van der Waals surface area contributed by atoms with Gasteiger partial charge in [-0.2, -0.15) is 13.2 Å². The Bertz CT molecular complexity index is 813. The van der Waals surface area contributed by atoms with Crippen molar-refractivity contribution in [1.82, 2.24) is 15.0 Å². The molecule has 112 valence electrons. The zero-order valence-corrected chi connectivity index (χ0v) is 11.3. The van der Waals surface area contributed by atoms with Crippen LogP contribution in [0, 0.1) is 0 Å². The van der Waals surface area contributed by atoms with Gasteiger partial charge in [-0.25, -0.2) is 9.97 Å². The largest absolute Gasteiger partial charge is 0.416 e. The quantitative estimate of drug-likeness (QED) is 0.790. The van der Waals surface area contributed by atoms with Crippen LogP contribution in [0.25, 0.3) is 22.2 Å². The van der Waals surface area contributed by atoms with Gasteiger partial charge in [0.1, 0.15) is 5.82 Å². The standard InChI is InChI=1S/C15H11F3N4/c16-15(17,18)10-3-1-9(2-4-10)14-11-5-6-20-8-12(11)21-13(7-19)22-14/h1-6,8H,7,19H2. The smallest absolute Gasteiger partial charge is 0.324 e. The predicted octanol–water partition coefficient (Wildman–Crippen LogP) is 3.17. The van der Waals surface area contributed by atoms with Crippen LogP contribution in [0.3, 0.4) is 0 Å². The molecule has 0 radical (unpaired) electrons. The average Bonchev–Trinajstić information content (AvgIpc) is 2.53. The van der Waals surface area contributed by atoms with E-state index in [0.717, 1.165) is 12.1 Å². The molecule has 2 N–H and O–H groups in total.